The molecule has 0 unspecified atom stereocenters. The third-order valence-electron chi connectivity index (χ3n) is 3.56. The van der Waals surface area contributed by atoms with Crippen LogP contribution >= 0.6 is 0 Å². The van der Waals surface area contributed by atoms with Gasteiger partial charge in [-0.1, -0.05) is 0 Å². The molecule has 0 spiro atoms. The number of aliphatic hydroxyl groups is 4. The van der Waals surface area contributed by atoms with Crippen LogP contribution < -0.4 is 5.32 Å². The first kappa shape index (κ1) is 17.3. The van der Waals surface area contributed by atoms with Crippen molar-refractivity contribution in [2.75, 3.05) is 6.61 Å². The number of carbonyl (C=O) groups excluding carboxylic acids is 1. The molecule has 1 aromatic rings. The van der Waals surface area contributed by atoms with Crippen molar-refractivity contribution < 1.29 is 39.9 Å². The Hall–Kier alpha value is -2.04. The lowest BCUT2D eigenvalue weighted by Gasteiger charge is -2.40. The lowest BCUT2D eigenvalue weighted by atomic mass is 9.98. The zero-order chi connectivity index (χ0) is 17.1. The van der Waals surface area contributed by atoms with Gasteiger partial charge in [-0.05, 0) is 24.3 Å². The zero-order valence-corrected chi connectivity index (χ0v) is 11.9. The molecule has 126 valence electrons. The van der Waals surface area contributed by atoms with Crippen molar-refractivity contribution in [2.45, 2.75) is 30.6 Å². The normalized spacial score (nSPS) is 30.7. The van der Waals surface area contributed by atoms with Crippen molar-refractivity contribution in [1.29, 1.82) is 0 Å². The Labute approximate surface area is 130 Å². The number of nitrogens with one attached hydrogen (secondary N) is 1. The number of carboxylic acids is 1. The quantitative estimate of drug-likeness (QED) is 0.368. The van der Waals surface area contributed by atoms with E-state index in [0.29, 0.717) is 0 Å². The standard InChI is InChI=1S/C14H17NO8/c16-5-8-9(17)10(18)11(19)13(23-8)15-12(20)6-1-3-7(4-2-6)14(21)22/h1-4,8-11,13,16-19H,5H2,(H,15,20)(H,21,22)/t8-,9-,10+,11-,13-/m1/s1. The van der Waals surface area contributed by atoms with E-state index in [1.807, 2.05) is 0 Å². The third-order valence-corrected chi connectivity index (χ3v) is 3.56. The van der Waals surface area contributed by atoms with Gasteiger partial charge in [0.05, 0.1) is 12.2 Å². The molecule has 1 saturated heterocycles. The van der Waals surface area contributed by atoms with Crippen molar-refractivity contribution >= 4 is 11.9 Å². The highest BCUT2D eigenvalue weighted by Gasteiger charge is 2.44. The molecule has 1 aromatic carbocycles. The van der Waals surface area contributed by atoms with Gasteiger partial charge < -0.3 is 35.6 Å². The lowest BCUT2D eigenvalue weighted by Crippen LogP contribution is -2.63. The number of hydrogen-bond acceptors (Lipinski definition) is 7. The van der Waals surface area contributed by atoms with Crippen molar-refractivity contribution in [2.24, 2.45) is 0 Å². The molecule has 23 heavy (non-hydrogen) atoms. The van der Waals surface area contributed by atoms with Crippen LogP contribution in [0.5, 0.6) is 0 Å². The number of carbonyl (C=O) groups is 2. The molecule has 9 nitrogen and oxygen atoms in total. The number of aliphatic hydroxyl groups excluding tert-OH is 4. The molecule has 1 aliphatic heterocycles. The number of carboxylic acid groups (broad SMARTS) is 1. The maximum absolute atomic E-state index is 12.1. The van der Waals surface area contributed by atoms with E-state index in [2.05, 4.69) is 5.32 Å². The zero-order valence-electron chi connectivity index (χ0n) is 11.9. The highest BCUT2D eigenvalue weighted by atomic mass is 16.6. The maximum atomic E-state index is 12.1. The second-order valence-corrected chi connectivity index (χ2v) is 5.11. The van der Waals surface area contributed by atoms with E-state index < -0.39 is 49.1 Å². The molecule has 6 N–H and O–H groups in total. The van der Waals surface area contributed by atoms with E-state index in [0.717, 1.165) is 0 Å². The van der Waals surface area contributed by atoms with Gasteiger partial charge in [-0.15, -0.1) is 0 Å². The summed E-state index contributed by atoms with van der Waals surface area (Å²) in [5.41, 5.74) is 0.126. The molecule has 1 aliphatic rings. The van der Waals surface area contributed by atoms with Crippen molar-refractivity contribution in [3.63, 3.8) is 0 Å². The maximum Gasteiger partial charge on any atom is 0.335 e. The average Bonchev–Trinajstić information content (AvgIpc) is 2.55. The Morgan fingerprint density at radius 2 is 1.57 bits per heavy atom. The Bertz CT molecular complexity index is 573. The fourth-order valence-electron chi connectivity index (χ4n) is 2.20. The number of aromatic carboxylic acids is 1. The minimum Gasteiger partial charge on any atom is -0.478 e. The lowest BCUT2D eigenvalue weighted by molar-refractivity contribution is -0.233. The van der Waals surface area contributed by atoms with Gasteiger partial charge in [0.15, 0.2) is 6.23 Å². The van der Waals surface area contributed by atoms with Crippen LogP contribution in [0.4, 0.5) is 0 Å². The van der Waals surface area contributed by atoms with Crippen molar-refractivity contribution in [3.8, 4) is 0 Å². The molecule has 0 bridgehead atoms. The van der Waals surface area contributed by atoms with Gasteiger partial charge in [-0.3, -0.25) is 4.79 Å². The smallest absolute Gasteiger partial charge is 0.335 e. The monoisotopic (exact) mass is 327 g/mol. The summed E-state index contributed by atoms with van der Waals surface area (Å²) in [5.74, 6) is -1.81. The highest BCUT2D eigenvalue weighted by molar-refractivity contribution is 5.96. The number of amides is 1. The number of hydrogen-bond donors (Lipinski definition) is 6. The van der Waals surface area contributed by atoms with Gasteiger partial charge in [0, 0.05) is 5.56 Å². The van der Waals surface area contributed by atoms with Crippen LogP contribution in [0.15, 0.2) is 24.3 Å². The molecule has 1 amide bonds. The van der Waals surface area contributed by atoms with Crippen LogP contribution in [0.1, 0.15) is 20.7 Å². The SMILES string of the molecule is O=C(O)c1ccc(C(=O)N[C@@H]2O[C@H](CO)[C@@H](O)[C@H](O)[C@H]2O)cc1. The van der Waals surface area contributed by atoms with Gasteiger partial charge >= 0.3 is 5.97 Å². The van der Waals surface area contributed by atoms with Crippen LogP contribution in [0.2, 0.25) is 0 Å². The molecule has 0 saturated carbocycles. The van der Waals surface area contributed by atoms with E-state index in [-0.39, 0.29) is 11.1 Å². The molecule has 0 aromatic heterocycles. The molecule has 5 atom stereocenters. The molecule has 1 fully saturated rings. The first-order chi connectivity index (χ1) is 10.8. The average molecular weight is 327 g/mol. The Balaban J connectivity index is 2.08. The summed E-state index contributed by atoms with van der Waals surface area (Å²) in [5, 5.41) is 49.3. The van der Waals surface area contributed by atoms with Gasteiger partial charge in [0.2, 0.25) is 0 Å². The number of benzene rings is 1. The third kappa shape index (κ3) is 3.66. The predicted molar refractivity (Wildman–Crippen MR) is 74.6 cm³/mol. The Morgan fingerprint density at radius 3 is 2.09 bits per heavy atom. The second kappa shape index (κ2) is 7.02. The molecule has 9 heteroatoms. The summed E-state index contributed by atoms with van der Waals surface area (Å²) in [4.78, 5) is 22.8. The molecular formula is C14H17NO8. The van der Waals surface area contributed by atoms with E-state index in [4.69, 9.17) is 14.9 Å². The summed E-state index contributed by atoms with van der Waals surface area (Å²) in [6, 6.07) is 5.04. The topological polar surface area (TPSA) is 157 Å². The number of rotatable bonds is 4. The predicted octanol–water partition coefficient (Wildman–Crippen LogP) is -2.09. The van der Waals surface area contributed by atoms with E-state index in [9.17, 15) is 24.9 Å². The fraction of sp³-hybridized carbons (Fsp3) is 0.429. The Kier molecular flexibility index (Phi) is 5.29. The summed E-state index contributed by atoms with van der Waals surface area (Å²) in [7, 11) is 0. The first-order valence-corrected chi connectivity index (χ1v) is 6.80. The van der Waals surface area contributed by atoms with Gasteiger partial charge in [-0.2, -0.15) is 0 Å². The Morgan fingerprint density at radius 1 is 1.00 bits per heavy atom. The molecular weight excluding hydrogens is 310 g/mol. The summed E-state index contributed by atoms with van der Waals surface area (Å²) < 4.78 is 5.15. The van der Waals surface area contributed by atoms with Crippen LogP contribution in [-0.2, 0) is 4.74 Å². The summed E-state index contributed by atoms with van der Waals surface area (Å²) in [6.07, 6.45) is -7.17. The van der Waals surface area contributed by atoms with Crippen LogP contribution in [0.25, 0.3) is 0 Å². The van der Waals surface area contributed by atoms with Crippen LogP contribution in [0.3, 0.4) is 0 Å². The molecule has 0 aliphatic carbocycles. The molecule has 1 heterocycles. The van der Waals surface area contributed by atoms with Crippen LogP contribution in [0, 0.1) is 0 Å². The summed E-state index contributed by atoms with van der Waals surface area (Å²) >= 11 is 0. The van der Waals surface area contributed by atoms with Crippen molar-refractivity contribution in [3.05, 3.63) is 35.4 Å². The van der Waals surface area contributed by atoms with Crippen LogP contribution in [-0.4, -0.2) is 74.7 Å². The van der Waals surface area contributed by atoms with E-state index in [1.165, 1.54) is 24.3 Å². The minimum atomic E-state index is -1.60. The van der Waals surface area contributed by atoms with Gasteiger partial charge in [0.1, 0.15) is 24.4 Å². The first-order valence-electron chi connectivity index (χ1n) is 6.80. The van der Waals surface area contributed by atoms with Gasteiger partial charge in [-0.25, -0.2) is 4.79 Å². The highest BCUT2D eigenvalue weighted by Crippen LogP contribution is 2.20. The second-order valence-electron chi connectivity index (χ2n) is 5.11. The van der Waals surface area contributed by atoms with E-state index >= 15 is 0 Å². The molecule has 2 rings (SSSR count). The van der Waals surface area contributed by atoms with Gasteiger partial charge in [0.25, 0.3) is 5.91 Å². The summed E-state index contributed by atoms with van der Waals surface area (Å²) in [6.45, 7) is -0.607. The molecule has 0 radical (unpaired) electrons. The minimum absolute atomic E-state index is 0.00869. The van der Waals surface area contributed by atoms with E-state index in [1.54, 1.807) is 0 Å². The fourth-order valence-corrected chi connectivity index (χ4v) is 2.20. The number of ether oxygens (including phenoxy) is 1. The van der Waals surface area contributed by atoms with Crippen molar-refractivity contribution in [1.82, 2.24) is 5.32 Å². The largest absolute Gasteiger partial charge is 0.478 e.